The van der Waals surface area contributed by atoms with Crippen molar-refractivity contribution < 1.29 is 9.47 Å². The fourth-order valence-corrected chi connectivity index (χ4v) is 3.55. The van der Waals surface area contributed by atoms with Crippen LogP contribution >= 0.6 is 11.6 Å². The van der Waals surface area contributed by atoms with Crippen molar-refractivity contribution in [1.29, 1.82) is 0 Å². The Morgan fingerprint density at radius 3 is 2.31 bits per heavy atom. The molecule has 0 aliphatic carbocycles. The Morgan fingerprint density at radius 2 is 1.66 bits per heavy atom. The molecule has 2 aromatic rings. The van der Waals surface area contributed by atoms with Gasteiger partial charge in [-0.3, -0.25) is 0 Å². The van der Waals surface area contributed by atoms with Gasteiger partial charge in [-0.05, 0) is 60.2 Å². The number of nitrogens with one attached hydrogen (secondary N) is 1. The molecule has 0 aromatic heterocycles. The maximum Gasteiger partial charge on any atom is 0.161 e. The Bertz CT molecular complexity index is 801. The lowest BCUT2D eigenvalue weighted by atomic mass is 9.93. The summed E-state index contributed by atoms with van der Waals surface area (Å²) in [5.74, 6) is 1.75. The molecule has 1 heterocycles. The van der Waals surface area contributed by atoms with E-state index in [2.05, 4.69) is 43.4 Å². The topological polar surface area (TPSA) is 30.5 Å². The Kier molecular flexibility index (Phi) is 8.45. The minimum absolute atomic E-state index is 0.160. The van der Waals surface area contributed by atoms with Crippen molar-refractivity contribution in [2.24, 2.45) is 0 Å². The van der Waals surface area contributed by atoms with E-state index in [1.165, 1.54) is 11.1 Å². The molecule has 1 aliphatic heterocycles. The van der Waals surface area contributed by atoms with E-state index in [0.29, 0.717) is 0 Å². The first-order chi connectivity index (χ1) is 14.2. The Morgan fingerprint density at radius 1 is 1.00 bits per heavy atom. The molecule has 0 radical (unpaired) electrons. The van der Waals surface area contributed by atoms with Gasteiger partial charge in [-0.25, -0.2) is 0 Å². The SMILES string of the molecule is CCCCOc1cc2c(cc1OCCCC)C(C=Cc1ccc(Cl)cc1)NCC2. The maximum absolute atomic E-state index is 6.11. The van der Waals surface area contributed by atoms with Crippen LogP contribution < -0.4 is 14.8 Å². The van der Waals surface area contributed by atoms with Crippen molar-refractivity contribution >= 4 is 17.7 Å². The third kappa shape index (κ3) is 6.25. The highest BCUT2D eigenvalue weighted by Gasteiger charge is 2.21. The number of hydrogen-bond acceptors (Lipinski definition) is 3. The van der Waals surface area contributed by atoms with E-state index in [-0.39, 0.29) is 6.04 Å². The minimum Gasteiger partial charge on any atom is -0.490 e. The Balaban J connectivity index is 1.83. The second-order valence-electron chi connectivity index (χ2n) is 7.49. The third-order valence-electron chi connectivity index (χ3n) is 5.16. The normalized spacial score (nSPS) is 16.0. The Hall–Kier alpha value is -1.97. The summed E-state index contributed by atoms with van der Waals surface area (Å²) < 4.78 is 12.2. The van der Waals surface area contributed by atoms with Crippen LogP contribution in [0.15, 0.2) is 42.5 Å². The first-order valence-electron chi connectivity index (χ1n) is 10.8. The molecule has 3 rings (SSSR count). The molecule has 0 saturated heterocycles. The van der Waals surface area contributed by atoms with Gasteiger partial charge in [0.2, 0.25) is 0 Å². The summed E-state index contributed by atoms with van der Waals surface area (Å²) in [6.45, 7) is 6.76. The zero-order chi connectivity index (χ0) is 20.5. The standard InChI is InChI=1S/C25H32ClNO2/c1-3-5-15-28-24-17-20-13-14-27-23(12-9-19-7-10-21(26)11-8-19)22(20)18-25(24)29-16-6-4-2/h7-12,17-18,23,27H,3-6,13-16H2,1-2H3. The predicted octanol–water partition coefficient (Wildman–Crippen LogP) is 6.60. The highest BCUT2D eigenvalue weighted by molar-refractivity contribution is 6.30. The van der Waals surface area contributed by atoms with E-state index in [4.69, 9.17) is 21.1 Å². The highest BCUT2D eigenvalue weighted by Crippen LogP contribution is 2.36. The summed E-state index contributed by atoms with van der Waals surface area (Å²) >= 11 is 6.00. The average molecular weight is 414 g/mol. The molecule has 0 fully saturated rings. The van der Waals surface area contributed by atoms with Crippen molar-refractivity contribution in [3.05, 3.63) is 64.2 Å². The van der Waals surface area contributed by atoms with Gasteiger partial charge in [-0.1, -0.05) is 62.6 Å². The second-order valence-corrected chi connectivity index (χ2v) is 7.93. The molecule has 1 atom stereocenters. The van der Waals surface area contributed by atoms with Gasteiger partial charge >= 0.3 is 0 Å². The number of benzene rings is 2. The van der Waals surface area contributed by atoms with Crippen molar-refractivity contribution in [2.45, 2.75) is 52.0 Å². The van der Waals surface area contributed by atoms with E-state index in [0.717, 1.165) is 73.9 Å². The summed E-state index contributed by atoms with van der Waals surface area (Å²) in [6, 6.07) is 12.4. The molecule has 0 spiro atoms. The van der Waals surface area contributed by atoms with Crippen LogP contribution in [0, 0.1) is 0 Å². The van der Waals surface area contributed by atoms with Crippen LogP contribution in [0.3, 0.4) is 0 Å². The van der Waals surface area contributed by atoms with Gasteiger partial charge in [-0.15, -0.1) is 0 Å². The van der Waals surface area contributed by atoms with Gasteiger partial charge < -0.3 is 14.8 Å². The summed E-state index contributed by atoms with van der Waals surface area (Å²) in [6.07, 6.45) is 9.70. The number of rotatable bonds is 10. The van der Waals surface area contributed by atoms with E-state index in [1.807, 2.05) is 24.3 Å². The molecule has 1 unspecified atom stereocenters. The van der Waals surface area contributed by atoms with Gasteiger partial charge in [0.25, 0.3) is 0 Å². The van der Waals surface area contributed by atoms with E-state index >= 15 is 0 Å². The minimum atomic E-state index is 0.160. The molecule has 4 heteroatoms. The highest BCUT2D eigenvalue weighted by atomic mass is 35.5. The zero-order valence-corrected chi connectivity index (χ0v) is 18.3. The molecular formula is C25H32ClNO2. The summed E-state index contributed by atoms with van der Waals surface area (Å²) in [5.41, 5.74) is 3.75. The van der Waals surface area contributed by atoms with E-state index in [1.54, 1.807) is 0 Å². The van der Waals surface area contributed by atoms with Crippen molar-refractivity contribution in [3.8, 4) is 11.5 Å². The van der Waals surface area contributed by atoms with E-state index in [9.17, 15) is 0 Å². The third-order valence-corrected chi connectivity index (χ3v) is 5.41. The molecule has 156 valence electrons. The molecule has 2 aromatic carbocycles. The van der Waals surface area contributed by atoms with Crippen LogP contribution in [0.2, 0.25) is 5.02 Å². The lowest BCUT2D eigenvalue weighted by Gasteiger charge is -2.26. The van der Waals surface area contributed by atoms with Crippen LogP contribution in [0.5, 0.6) is 11.5 Å². The molecule has 3 nitrogen and oxygen atoms in total. The first-order valence-corrected chi connectivity index (χ1v) is 11.2. The fourth-order valence-electron chi connectivity index (χ4n) is 3.43. The molecule has 0 bridgehead atoms. The lowest BCUT2D eigenvalue weighted by Crippen LogP contribution is -2.28. The first kappa shape index (κ1) is 21.7. The number of hydrogen-bond donors (Lipinski definition) is 1. The molecule has 29 heavy (non-hydrogen) atoms. The Labute approximate surface area is 180 Å². The zero-order valence-electron chi connectivity index (χ0n) is 17.5. The van der Waals surface area contributed by atoms with Gasteiger partial charge in [-0.2, -0.15) is 0 Å². The van der Waals surface area contributed by atoms with Gasteiger partial charge in [0, 0.05) is 11.6 Å². The van der Waals surface area contributed by atoms with Crippen molar-refractivity contribution in [1.82, 2.24) is 5.32 Å². The summed E-state index contributed by atoms with van der Waals surface area (Å²) in [7, 11) is 0. The van der Waals surface area contributed by atoms with Crippen LogP contribution in [0.25, 0.3) is 6.08 Å². The largest absolute Gasteiger partial charge is 0.490 e. The van der Waals surface area contributed by atoms with Crippen LogP contribution in [-0.2, 0) is 6.42 Å². The van der Waals surface area contributed by atoms with E-state index < -0.39 is 0 Å². The number of ether oxygens (including phenoxy) is 2. The number of unbranched alkanes of at least 4 members (excludes halogenated alkanes) is 2. The lowest BCUT2D eigenvalue weighted by molar-refractivity contribution is 0.261. The summed E-state index contributed by atoms with van der Waals surface area (Å²) in [4.78, 5) is 0. The van der Waals surface area contributed by atoms with Gasteiger partial charge in [0.05, 0.1) is 19.3 Å². The van der Waals surface area contributed by atoms with Gasteiger partial charge in [0.1, 0.15) is 0 Å². The fraction of sp³-hybridized carbons (Fsp3) is 0.440. The monoisotopic (exact) mass is 413 g/mol. The van der Waals surface area contributed by atoms with Gasteiger partial charge in [0.15, 0.2) is 11.5 Å². The quantitative estimate of drug-likeness (QED) is 0.445. The van der Waals surface area contributed by atoms with Crippen molar-refractivity contribution in [3.63, 3.8) is 0 Å². The molecule has 1 aliphatic rings. The summed E-state index contributed by atoms with van der Waals surface area (Å²) in [5, 5.41) is 4.37. The molecule has 0 saturated carbocycles. The molecular weight excluding hydrogens is 382 g/mol. The smallest absolute Gasteiger partial charge is 0.161 e. The molecule has 1 N–H and O–H groups in total. The maximum atomic E-state index is 6.11. The number of halogens is 1. The predicted molar refractivity (Wildman–Crippen MR) is 122 cm³/mol. The second kappa shape index (κ2) is 11.3. The van der Waals surface area contributed by atoms with Crippen LogP contribution in [0.4, 0.5) is 0 Å². The number of fused-ring (bicyclic) bond motifs is 1. The molecule has 0 amide bonds. The van der Waals surface area contributed by atoms with Crippen LogP contribution in [-0.4, -0.2) is 19.8 Å². The average Bonchev–Trinajstić information content (AvgIpc) is 2.74. The van der Waals surface area contributed by atoms with Crippen molar-refractivity contribution in [2.75, 3.05) is 19.8 Å². The van der Waals surface area contributed by atoms with Crippen LogP contribution in [0.1, 0.15) is 62.3 Å².